The summed E-state index contributed by atoms with van der Waals surface area (Å²) in [6, 6.07) is 10.5. The Hall–Kier alpha value is -2.82. The number of anilines is 1. The van der Waals surface area contributed by atoms with Gasteiger partial charge in [-0.2, -0.15) is 0 Å². The number of hydrogen-bond donors (Lipinski definition) is 2. The highest BCUT2D eigenvalue weighted by atomic mass is 16.5. The van der Waals surface area contributed by atoms with Gasteiger partial charge in [-0.3, -0.25) is 9.59 Å². The van der Waals surface area contributed by atoms with Crippen LogP contribution in [-0.4, -0.2) is 23.4 Å². The van der Waals surface area contributed by atoms with Gasteiger partial charge in [-0.1, -0.05) is 26.0 Å². The van der Waals surface area contributed by atoms with Crippen molar-refractivity contribution in [2.24, 2.45) is 5.41 Å². The Morgan fingerprint density at radius 1 is 1.11 bits per heavy atom. The van der Waals surface area contributed by atoms with Gasteiger partial charge in [-0.15, -0.1) is 0 Å². The fraction of sp³-hybridized carbons (Fsp3) is 0.391. The Bertz CT molecular complexity index is 871. The minimum atomic E-state index is -0.649. The van der Waals surface area contributed by atoms with E-state index in [1.807, 2.05) is 45.9 Å². The quantitative estimate of drug-likeness (QED) is 0.381. The van der Waals surface area contributed by atoms with Gasteiger partial charge >= 0.3 is 0 Å². The number of phenolic OH excluding ortho intramolecular Hbond substituents is 1. The smallest absolute Gasteiger partial charge is 0.230 e. The van der Waals surface area contributed by atoms with Crippen LogP contribution in [-0.2, 0) is 4.79 Å². The molecular weight excluding hydrogens is 354 g/mol. The molecule has 2 rings (SSSR count). The van der Waals surface area contributed by atoms with Gasteiger partial charge in [0.1, 0.15) is 11.5 Å². The Balaban J connectivity index is 1.93. The van der Waals surface area contributed by atoms with E-state index in [-0.39, 0.29) is 23.1 Å². The number of aromatic hydroxyl groups is 1. The SMILES string of the molecule is CC(=O)c1ccc(O)c(NC(=O)C(C)(C)CCCOc2cc(C)ccc2C)c1. The second-order valence-electron chi connectivity index (χ2n) is 7.85. The highest BCUT2D eigenvalue weighted by Crippen LogP contribution is 2.29. The van der Waals surface area contributed by atoms with Crippen molar-refractivity contribution in [1.82, 2.24) is 0 Å². The van der Waals surface area contributed by atoms with Crippen LogP contribution < -0.4 is 10.1 Å². The van der Waals surface area contributed by atoms with Crippen LogP contribution in [0.2, 0.25) is 0 Å². The van der Waals surface area contributed by atoms with Crippen molar-refractivity contribution in [1.29, 1.82) is 0 Å². The lowest BCUT2D eigenvalue weighted by Crippen LogP contribution is -2.31. The van der Waals surface area contributed by atoms with E-state index >= 15 is 0 Å². The van der Waals surface area contributed by atoms with Crippen molar-refractivity contribution in [3.8, 4) is 11.5 Å². The first-order valence-electron chi connectivity index (χ1n) is 9.45. The highest BCUT2D eigenvalue weighted by Gasteiger charge is 2.28. The van der Waals surface area contributed by atoms with Crippen molar-refractivity contribution in [2.75, 3.05) is 11.9 Å². The Morgan fingerprint density at radius 3 is 2.50 bits per heavy atom. The molecule has 2 aromatic carbocycles. The predicted octanol–water partition coefficient (Wildman–Crippen LogP) is 5.04. The predicted molar refractivity (Wildman–Crippen MR) is 111 cm³/mol. The monoisotopic (exact) mass is 383 g/mol. The fourth-order valence-corrected chi connectivity index (χ4v) is 2.82. The van der Waals surface area contributed by atoms with E-state index in [1.165, 1.54) is 25.1 Å². The summed E-state index contributed by atoms with van der Waals surface area (Å²) in [5.41, 5.74) is 2.27. The fourth-order valence-electron chi connectivity index (χ4n) is 2.82. The van der Waals surface area contributed by atoms with Crippen LogP contribution in [0.3, 0.4) is 0 Å². The van der Waals surface area contributed by atoms with E-state index < -0.39 is 5.41 Å². The van der Waals surface area contributed by atoms with Crippen LogP contribution >= 0.6 is 0 Å². The summed E-state index contributed by atoms with van der Waals surface area (Å²) < 4.78 is 5.86. The number of benzene rings is 2. The second-order valence-corrected chi connectivity index (χ2v) is 7.85. The Kier molecular flexibility index (Phi) is 6.84. The van der Waals surface area contributed by atoms with Crippen molar-refractivity contribution in [2.45, 2.75) is 47.5 Å². The minimum absolute atomic E-state index is 0.0626. The lowest BCUT2D eigenvalue weighted by Gasteiger charge is -2.24. The number of carbonyl (C=O) groups excluding carboxylic acids is 2. The molecule has 0 aliphatic heterocycles. The molecule has 0 atom stereocenters. The van der Waals surface area contributed by atoms with Crippen LogP contribution in [0.1, 0.15) is 55.1 Å². The molecule has 0 aliphatic rings. The Morgan fingerprint density at radius 2 is 1.82 bits per heavy atom. The summed E-state index contributed by atoms with van der Waals surface area (Å²) in [6.45, 7) is 9.70. The summed E-state index contributed by atoms with van der Waals surface area (Å²) in [5.74, 6) is 0.467. The van der Waals surface area contributed by atoms with E-state index in [0.717, 1.165) is 16.9 Å². The number of Topliss-reactive ketones (excluding diaryl/α,β-unsaturated/α-hetero) is 1. The molecule has 0 aromatic heterocycles. The van der Waals surface area contributed by atoms with Gasteiger partial charge in [-0.25, -0.2) is 0 Å². The minimum Gasteiger partial charge on any atom is -0.506 e. The number of amides is 1. The molecule has 0 aliphatic carbocycles. The number of phenols is 1. The number of aryl methyl sites for hydroxylation is 2. The zero-order valence-electron chi connectivity index (χ0n) is 17.3. The van der Waals surface area contributed by atoms with Crippen LogP contribution in [0.15, 0.2) is 36.4 Å². The summed E-state index contributed by atoms with van der Waals surface area (Å²) in [5, 5.41) is 12.7. The number of nitrogens with one attached hydrogen (secondary N) is 1. The second kappa shape index (κ2) is 8.91. The molecule has 0 spiro atoms. The number of ketones is 1. The normalized spacial score (nSPS) is 11.2. The molecule has 5 heteroatoms. The summed E-state index contributed by atoms with van der Waals surface area (Å²) in [7, 11) is 0. The average molecular weight is 383 g/mol. The third-order valence-electron chi connectivity index (χ3n) is 4.81. The van der Waals surface area contributed by atoms with E-state index in [9.17, 15) is 14.7 Å². The molecule has 150 valence electrons. The van der Waals surface area contributed by atoms with Crippen molar-refractivity contribution in [3.05, 3.63) is 53.1 Å². The third kappa shape index (κ3) is 5.59. The Labute approximate surface area is 166 Å². The van der Waals surface area contributed by atoms with E-state index in [1.54, 1.807) is 0 Å². The molecule has 0 fully saturated rings. The zero-order chi connectivity index (χ0) is 20.9. The molecule has 0 bridgehead atoms. The summed E-state index contributed by atoms with van der Waals surface area (Å²) >= 11 is 0. The molecule has 0 saturated heterocycles. The maximum Gasteiger partial charge on any atom is 0.230 e. The zero-order valence-corrected chi connectivity index (χ0v) is 17.3. The standard InChI is InChI=1S/C23H29NO4/c1-15-7-8-16(2)21(13-15)28-12-6-11-23(4,5)22(27)24-19-14-18(17(3)25)9-10-20(19)26/h7-10,13-14,26H,6,11-12H2,1-5H3,(H,24,27). The largest absolute Gasteiger partial charge is 0.506 e. The molecule has 1 amide bonds. The average Bonchev–Trinajstić information content (AvgIpc) is 2.63. The van der Waals surface area contributed by atoms with Crippen molar-refractivity contribution < 1.29 is 19.4 Å². The molecular formula is C23H29NO4. The lowest BCUT2D eigenvalue weighted by molar-refractivity contribution is -0.124. The molecule has 0 saturated carbocycles. The maximum atomic E-state index is 12.7. The van der Waals surface area contributed by atoms with E-state index in [4.69, 9.17) is 4.74 Å². The first kappa shape index (κ1) is 21.5. The third-order valence-corrected chi connectivity index (χ3v) is 4.81. The van der Waals surface area contributed by atoms with Gasteiger partial charge < -0.3 is 15.2 Å². The summed E-state index contributed by atoms with van der Waals surface area (Å²) in [4.78, 5) is 24.2. The number of rotatable bonds is 8. The van der Waals surface area contributed by atoms with Crippen molar-refractivity contribution >= 4 is 17.4 Å². The lowest BCUT2D eigenvalue weighted by atomic mass is 9.86. The van der Waals surface area contributed by atoms with Crippen LogP contribution in [0.25, 0.3) is 0 Å². The molecule has 28 heavy (non-hydrogen) atoms. The molecule has 0 unspecified atom stereocenters. The number of ether oxygens (including phenoxy) is 1. The van der Waals surface area contributed by atoms with Crippen LogP contribution in [0, 0.1) is 19.3 Å². The van der Waals surface area contributed by atoms with Gasteiger partial charge in [0.05, 0.1) is 12.3 Å². The van der Waals surface area contributed by atoms with Gasteiger partial charge in [0.2, 0.25) is 5.91 Å². The van der Waals surface area contributed by atoms with Gasteiger partial charge in [-0.05, 0) is 69.0 Å². The maximum absolute atomic E-state index is 12.7. The van der Waals surface area contributed by atoms with Crippen molar-refractivity contribution in [3.63, 3.8) is 0 Å². The first-order valence-corrected chi connectivity index (χ1v) is 9.45. The summed E-state index contributed by atoms with van der Waals surface area (Å²) in [6.07, 6.45) is 1.34. The number of carbonyl (C=O) groups is 2. The molecule has 2 aromatic rings. The van der Waals surface area contributed by atoms with Crippen LogP contribution in [0.4, 0.5) is 5.69 Å². The van der Waals surface area contributed by atoms with Gasteiger partial charge in [0.15, 0.2) is 5.78 Å². The highest BCUT2D eigenvalue weighted by molar-refractivity contribution is 5.99. The van der Waals surface area contributed by atoms with Gasteiger partial charge in [0, 0.05) is 11.0 Å². The van der Waals surface area contributed by atoms with Gasteiger partial charge in [0.25, 0.3) is 0 Å². The van der Waals surface area contributed by atoms with Crippen LogP contribution in [0.5, 0.6) is 11.5 Å². The first-order chi connectivity index (χ1) is 13.1. The molecule has 0 radical (unpaired) electrons. The number of hydrogen-bond acceptors (Lipinski definition) is 4. The molecule has 2 N–H and O–H groups in total. The topological polar surface area (TPSA) is 75.6 Å². The van der Waals surface area contributed by atoms with E-state index in [0.29, 0.717) is 25.0 Å². The van der Waals surface area contributed by atoms with E-state index in [2.05, 4.69) is 5.32 Å². The molecule has 0 heterocycles. The molecule has 5 nitrogen and oxygen atoms in total.